The third-order valence-corrected chi connectivity index (χ3v) is 3.41. The number of benzene rings is 2. The lowest BCUT2D eigenvalue weighted by molar-refractivity contribution is 0.0472. The molecule has 0 radical (unpaired) electrons. The van der Waals surface area contributed by atoms with Gasteiger partial charge in [-0.25, -0.2) is 4.79 Å². The van der Waals surface area contributed by atoms with E-state index in [4.69, 9.17) is 9.47 Å². The quantitative estimate of drug-likeness (QED) is 0.644. The maximum absolute atomic E-state index is 12.2. The van der Waals surface area contributed by atoms with E-state index in [0.29, 0.717) is 17.9 Å². The molecule has 0 fully saturated rings. The van der Waals surface area contributed by atoms with Crippen LogP contribution < -0.4 is 4.74 Å². The second-order valence-corrected chi connectivity index (χ2v) is 5.24. The maximum Gasteiger partial charge on any atom is 0.338 e. The molecule has 0 bridgehead atoms. The Labute approximate surface area is 140 Å². The molecule has 0 unspecified atom stereocenters. The molecule has 0 atom stereocenters. The number of nitrogens with zero attached hydrogens (tertiary/aromatic N) is 1. The summed E-state index contributed by atoms with van der Waals surface area (Å²) in [4.78, 5) is 16.2. The third kappa shape index (κ3) is 4.43. The van der Waals surface area contributed by atoms with Gasteiger partial charge in [-0.1, -0.05) is 42.5 Å². The minimum atomic E-state index is -0.370. The fourth-order valence-corrected chi connectivity index (χ4v) is 2.17. The van der Waals surface area contributed by atoms with E-state index < -0.39 is 0 Å². The zero-order chi connectivity index (χ0) is 16.6. The molecule has 0 amide bonds. The molecule has 0 aliphatic carbocycles. The summed E-state index contributed by atoms with van der Waals surface area (Å²) < 4.78 is 11.0. The van der Waals surface area contributed by atoms with Crippen molar-refractivity contribution in [2.24, 2.45) is 0 Å². The van der Waals surface area contributed by atoms with Crippen LogP contribution in [0.2, 0.25) is 0 Å². The van der Waals surface area contributed by atoms with Crippen molar-refractivity contribution in [3.63, 3.8) is 0 Å². The van der Waals surface area contributed by atoms with Crippen molar-refractivity contribution in [2.45, 2.75) is 13.2 Å². The van der Waals surface area contributed by atoms with Gasteiger partial charge in [0.2, 0.25) is 0 Å². The van der Waals surface area contributed by atoms with Crippen LogP contribution in [0.1, 0.15) is 21.5 Å². The standard InChI is InChI=1S/C20H17NO3/c22-20(24-14-16-6-2-1-3-7-16)18-9-4-10-19(12-18)23-15-17-8-5-11-21-13-17/h1-13H,14-15H2. The van der Waals surface area contributed by atoms with E-state index in [2.05, 4.69) is 4.98 Å². The van der Waals surface area contributed by atoms with Gasteiger partial charge >= 0.3 is 5.97 Å². The molecule has 0 aliphatic rings. The highest BCUT2D eigenvalue weighted by molar-refractivity contribution is 5.89. The minimum Gasteiger partial charge on any atom is -0.489 e. The Balaban J connectivity index is 1.59. The summed E-state index contributed by atoms with van der Waals surface area (Å²) in [5, 5.41) is 0. The van der Waals surface area contributed by atoms with Gasteiger partial charge < -0.3 is 9.47 Å². The second-order valence-electron chi connectivity index (χ2n) is 5.24. The molecule has 0 saturated heterocycles. The SMILES string of the molecule is O=C(OCc1ccccc1)c1cccc(OCc2cccnc2)c1. The van der Waals surface area contributed by atoms with Crippen LogP contribution in [0.5, 0.6) is 5.75 Å². The first-order valence-corrected chi connectivity index (χ1v) is 7.64. The summed E-state index contributed by atoms with van der Waals surface area (Å²) >= 11 is 0. The van der Waals surface area contributed by atoms with E-state index in [-0.39, 0.29) is 12.6 Å². The number of hydrogen-bond acceptors (Lipinski definition) is 4. The maximum atomic E-state index is 12.2. The second kappa shape index (κ2) is 7.92. The lowest BCUT2D eigenvalue weighted by Crippen LogP contribution is -2.05. The van der Waals surface area contributed by atoms with E-state index in [0.717, 1.165) is 11.1 Å². The van der Waals surface area contributed by atoms with E-state index in [1.165, 1.54) is 0 Å². The Bertz CT molecular complexity index is 788. The Kier molecular flexibility index (Phi) is 5.20. The molecule has 1 heterocycles. The van der Waals surface area contributed by atoms with Gasteiger partial charge in [0.05, 0.1) is 5.56 Å². The third-order valence-electron chi connectivity index (χ3n) is 3.41. The molecule has 0 saturated carbocycles. The highest BCUT2D eigenvalue weighted by Crippen LogP contribution is 2.16. The fourth-order valence-electron chi connectivity index (χ4n) is 2.17. The number of hydrogen-bond donors (Lipinski definition) is 0. The average Bonchev–Trinajstić information content (AvgIpc) is 2.66. The van der Waals surface area contributed by atoms with E-state index >= 15 is 0 Å². The first kappa shape index (κ1) is 15.7. The number of pyridine rings is 1. The number of rotatable bonds is 6. The Morgan fingerprint density at radius 2 is 1.71 bits per heavy atom. The first-order valence-electron chi connectivity index (χ1n) is 7.64. The van der Waals surface area contributed by atoms with Crippen LogP contribution in [0.25, 0.3) is 0 Å². The number of carbonyl (C=O) groups is 1. The molecule has 0 N–H and O–H groups in total. The van der Waals surface area contributed by atoms with Crippen LogP contribution in [0.3, 0.4) is 0 Å². The van der Waals surface area contributed by atoms with E-state index in [9.17, 15) is 4.79 Å². The van der Waals surface area contributed by atoms with Crippen LogP contribution >= 0.6 is 0 Å². The molecule has 0 spiro atoms. The predicted molar refractivity (Wildman–Crippen MR) is 90.6 cm³/mol. The number of aromatic nitrogens is 1. The zero-order valence-corrected chi connectivity index (χ0v) is 13.1. The van der Waals surface area contributed by atoms with Gasteiger partial charge in [0, 0.05) is 18.0 Å². The highest BCUT2D eigenvalue weighted by Gasteiger charge is 2.08. The van der Waals surface area contributed by atoms with Gasteiger partial charge in [-0.2, -0.15) is 0 Å². The van der Waals surface area contributed by atoms with Gasteiger partial charge in [0.25, 0.3) is 0 Å². The fraction of sp³-hybridized carbons (Fsp3) is 0.100. The van der Waals surface area contributed by atoms with Gasteiger partial charge in [-0.05, 0) is 29.8 Å². The summed E-state index contributed by atoms with van der Waals surface area (Å²) in [6, 6.07) is 20.4. The van der Waals surface area contributed by atoms with Gasteiger partial charge in [0.15, 0.2) is 0 Å². The largest absolute Gasteiger partial charge is 0.489 e. The first-order chi connectivity index (χ1) is 11.8. The van der Waals surface area contributed by atoms with Crippen molar-refractivity contribution >= 4 is 5.97 Å². The van der Waals surface area contributed by atoms with Crippen LogP contribution in [-0.2, 0) is 18.0 Å². The Morgan fingerprint density at radius 3 is 2.50 bits per heavy atom. The molecule has 3 rings (SSSR count). The van der Waals surface area contributed by atoms with Crippen molar-refractivity contribution in [1.29, 1.82) is 0 Å². The van der Waals surface area contributed by atoms with Crippen LogP contribution in [0.4, 0.5) is 0 Å². The van der Waals surface area contributed by atoms with Crippen molar-refractivity contribution < 1.29 is 14.3 Å². The van der Waals surface area contributed by atoms with Gasteiger partial charge in [-0.3, -0.25) is 4.98 Å². The smallest absolute Gasteiger partial charge is 0.338 e. The van der Waals surface area contributed by atoms with Crippen molar-refractivity contribution in [3.8, 4) is 5.75 Å². The van der Waals surface area contributed by atoms with E-state index in [1.807, 2.05) is 48.5 Å². The predicted octanol–water partition coefficient (Wildman–Crippen LogP) is 4.02. The van der Waals surface area contributed by atoms with Crippen LogP contribution in [-0.4, -0.2) is 11.0 Å². The van der Waals surface area contributed by atoms with Crippen LogP contribution in [0, 0.1) is 0 Å². The number of esters is 1. The summed E-state index contributed by atoms with van der Waals surface area (Å²) in [5.74, 6) is 0.249. The van der Waals surface area contributed by atoms with E-state index in [1.54, 1.807) is 30.6 Å². The normalized spacial score (nSPS) is 10.2. The zero-order valence-electron chi connectivity index (χ0n) is 13.1. The monoisotopic (exact) mass is 319 g/mol. The highest BCUT2D eigenvalue weighted by atomic mass is 16.5. The summed E-state index contributed by atoms with van der Waals surface area (Å²) in [7, 11) is 0. The van der Waals surface area contributed by atoms with Crippen molar-refractivity contribution in [3.05, 3.63) is 95.8 Å². The lowest BCUT2D eigenvalue weighted by atomic mass is 10.2. The summed E-state index contributed by atoms with van der Waals surface area (Å²) in [5.41, 5.74) is 2.39. The average molecular weight is 319 g/mol. The number of ether oxygens (including phenoxy) is 2. The molecular formula is C20H17NO3. The Hall–Kier alpha value is -3.14. The lowest BCUT2D eigenvalue weighted by Gasteiger charge is -2.08. The molecule has 1 aromatic heterocycles. The summed E-state index contributed by atoms with van der Waals surface area (Å²) in [6.45, 7) is 0.650. The Morgan fingerprint density at radius 1 is 0.875 bits per heavy atom. The molecule has 24 heavy (non-hydrogen) atoms. The minimum absolute atomic E-state index is 0.250. The number of carbonyl (C=O) groups excluding carboxylic acids is 1. The van der Waals surface area contributed by atoms with Gasteiger partial charge in [-0.15, -0.1) is 0 Å². The molecular weight excluding hydrogens is 302 g/mol. The summed E-state index contributed by atoms with van der Waals surface area (Å²) in [6.07, 6.45) is 3.46. The molecule has 3 aromatic rings. The molecule has 2 aromatic carbocycles. The molecule has 120 valence electrons. The van der Waals surface area contributed by atoms with Crippen LogP contribution in [0.15, 0.2) is 79.1 Å². The topological polar surface area (TPSA) is 48.4 Å². The van der Waals surface area contributed by atoms with Crippen molar-refractivity contribution in [2.75, 3.05) is 0 Å². The molecule has 4 nitrogen and oxygen atoms in total. The van der Waals surface area contributed by atoms with Crippen molar-refractivity contribution in [1.82, 2.24) is 4.98 Å². The molecule has 0 aliphatic heterocycles. The van der Waals surface area contributed by atoms with Gasteiger partial charge in [0.1, 0.15) is 19.0 Å². The molecule has 4 heteroatoms.